The normalized spacial score (nSPS) is 12.4. The van der Waals surface area contributed by atoms with E-state index in [9.17, 15) is 0 Å². The van der Waals surface area contributed by atoms with Gasteiger partial charge in [-0.15, -0.1) is 0 Å². The molecule has 12 aromatic rings. The van der Waals surface area contributed by atoms with E-state index in [4.69, 9.17) is 14.4 Å². The van der Waals surface area contributed by atoms with Gasteiger partial charge >= 0.3 is 0 Å². The standard InChI is InChI=1S/C55H35N7O/c1-3-9-34(10-4-1)36-25-38(31-57-29-36)46-17-20-50-54(59-46)55-51(21-18-47(60-55)39-26-37(30-58-32-39)35-11-5-2-6-12-35)62(50)40-15-19-48-43(27-40)45-33-56-24-23-49(45)61(48)41-16-22-53-44(28-41)42-13-7-8-14-52(42)63-53/h1-32,56H,33H2. The molecule has 1 aliphatic heterocycles. The first-order chi connectivity index (χ1) is 31.2. The van der Waals surface area contributed by atoms with Crippen molar-refractivity contribution in [1.29, 1.82) is 0 Å². The van der Waals surface area contributed by atoms with Crippen LogP contribution in [0.4, 0.5) is 0 Å². The maximum atomic E-state index is 6.21. The molecule has 0 fully saturated rings. The lowest BCUT2D eigenvalue weighted by Crippen LogP contribution is -2.10. The summed E-state index contributed by atoms with van der Waals surface area (Å²) >= 11 is 0. The van der Waals surface area contributed by atoms with E-state index in [0.29, 0.717) is 6.54 Å². The van der Waals surface area contributed by atoms with Gasteiger partial charge in [0.25, 0.3) is 0 Å². The molecule has 0 atom stereocenters. The van der Waals surface area contributed by atoms with Crippen molar-refractivity contribution in [1.82, 2.24) is 34.4 Å². The van der Waals surface area contributed by atoms with Crippen molar-refractivity contribution in [3.63, 3.8) is 0 Å². The first-order valence-corrected chi connectivity index (χ1v) is 21.1. The van der Waals surface area contributed by atoms with Crippen molar-refractivity contribution in [2.45, 2.75) is 6.54 Å². The van der Waals surface area contributed by atoms with Gasteiger partial charge in [-0.1, -0.05) is 78.9 Å². The van der Waals surface area contributed by atoms with E-state index in [2.05, 4.69) is 140 Å². The number of pyridine rings is 4. The Morgan fingerprint density at radius 3 is 1.68 bits per heavy atom. The number of hydrogen-bond acceptors (Lipinski definition) is 6. The average molecular weight is 810 g/mol. The summed E-state index contributed by atoms with van der Waals surface area (Å²) in [5, 5.41) is 6.87. The van der Waals surface area contributed by atoms with Crippen LogP contribution in [0.3, 0.4) is 0 Å². The van der Waals surface area contributed by atoms with Crippen LogP contribution in [0, 0.1) is 0 Å². The predicted octanol–water partition coefficient (Wildman–Crippen LogP) is 12.9. The number of nitrogens with zero attached hydrogens (tertiary/aromatic N) is 6. The Labute approximate surface area is 361 Å². The molecule has 0 bridgehead atoms. The van der Waals surface area contributed by atoms with Crippen molar-refractivity contribution in [3.05, 3.63) is 200 Å². The Kier molecular flexibility index (Phi) is 7.80. The van der Waals surface area contributed by atoms with Gasteiger partial charge in [-0.2, -0.15) is 0 Å². The lowest BCUT2D eigenvalue weighted by atomic mass is 10.0. The fourth-order valence-electron chi connectivity index (χ4n) is 9.37. The third-order valence-electron chi connectivity index (χ3n) is 12.3. The van der Waals surface area contributed by atoms with E-state index < -0.39 is 0 Å². The van der Waals surface area contributed by atoms with Gasteiger partial charge in [0.15, 0.2) is 0 Å². The summed E-state index contributed by atoms with van der Waals surface area (Å²) in [6.45, 7) is 0.713. The highest BCUT2D eigenvalue weighted by molar-refractivity contribution is 6.08. The lowest BCUT2D eigenvalue weighted by molar-refractivity contribution is 0.669. The molecule has 5 aromatic carbocycles. The van der Waals surface area contributed by atoms with E-state index in [0.717, 1.165) is 111 Å². The van der Waals surface area contributed by atoms with Gasteiger partial charge in [0.05, 0.1) is 33.6 Å². The fourth-order valence-corrected chi connectivity index (χ4v) is 9.37. The minimum absolute atomic E-state index is 0.713. The molecule has 0 radical (unpaired) electrons. The van der Waals surface area contributed by atoms with Crippen molar-refractivity contribution in [2.24, 2.45) is 0 Å². The summed E-state index contributed by atoms with van der Waals surface area (Å²) in [5.74, 6) is 0. The summed E-state index contributed by atoms with van der Waals surface area (Å²) in [6.07, 6.45) is 11.8. The molecule has 0 spiro atoms. The number of rotatable bonds is 6. The topological polar surface area (TPSA) is 86.6 Å². The Morgan fingerprint density at radius 2 is 1.00 bits per heavy atom. The molecule has 1 N–H and O–H groups in total. The molecule has 63 heavy (non-hydrogen) atoms. The fraction of sp³-hybridized carbons (Fsp3) is 0.0182. The number of nitrogens with one attached hydrogen (secondary N) is 1. The molecule has 13 rings (SSSR count). The number of benzene rings is 5. The zero-order chi connectivity index (χ0) is 41.4. The number of furan rings is 1. The minimum atomic E-state index is 0.713. The van der Waals surface area contributed by atoms with Crippen LogP contribution in [0.15, 0.2) is 193 Å². The lowest BCUT2D eigenvalue weighted by Gasteiger charge is -2.13. The van der Waals surface area contributed by atoms with Gasteiger partial charge in [0, 0.05) is 86.7 Å². The van der Waals surface area contributed by atoms with E-state index in [1.165, 1.54) is 10.9 Å². The Balaban J connectivity index is 1.00. The summed E-state index contributed by atoms with van der Waals surface area (Å²) in [4.78, 5) is 20.1. The van der Waals surface area contributed by atoms with Crippen LogP contribution in [-0.4, -0.2) is 29.1 Å². The molecule has 8 nitrogen and oxygen atoms in total. The van der Waals surface area contributed by atoms with Crippen LogP contribution in [0.25, 0.3) is 117 Å². The van der Waals surface area contributed by atoms with Gasteiger partial charge in [-0.25, -0.2) is 9.97 Å². The zero-order valence-corrected chi connectivity index (χ0v) is 33.8. The zero-order valence-electron chi connectivity index (χ0n) is 33.8. The molecule has 0 saturated carbocycles. The third-order valence-corrected chi connectivity index (χ3v) is 12.3. The highest BCUT2D eigenvalue weighted by Crippen LogP contribution is 2.39. The summed E-state index contributed by atoms with van der Waals surface area (Å²) in [7, 11) is 0. The van der Waals surface area contributed by atoms with Crippen molar-refractivity contribution < 1.29 is 4.42 Å². The third kappa shape index (κ3) is 5.69. The first-order valence-electron chi connectivity index (χ1n) is 21.1. The first kappa shape index (κ1) is 35.2. The summed E-state index contributed by atoms with van der Waals surface area (Å²) in [6, 6.07) is 55.0. The molecule has 0 amide bonds. The largest absolute Gasteiger partial charge is 0.456 e. The second-order valence-electron chi connectivity index (χ2n) is 16.0. The summed E-state index contributed by atoms with van der Waals surface area (Å²) in [5.41, 5.74) is 18.8. The van der Waals surface area contributed by atoms with Crippen LogP contribution >= 0.6 is 0 Å². The van der Waals surface area contributed by atoms with Crippen LogP contribution in [0.1, 0.15) is 11.3 Å². The van der Waals surface area contributed by atoms with Gasteiger partial charge in [-0.05, 0) is 102 Å². The number of para-hydroxylation sites is 1. The van der Waals surface area contributed by atoms with E-state index in [1.807, 2.05) is 79.5 Å². The molecular weight excluding hydrogens is 775 g/mol. The van der Waals surface area contributed by atoms with E-state index >= 15 is 0 Å². The Bertz CT molecular complexity index is 3660. The van der Waals surface area contributed by atoms with Crippen LogP contribution in [0.2, 0.25) is 0 Å². The smallest absolute Gasteiger partial charge is 0.135 e. The number of aromatic nitrogens is 6. The predicted molar refractivity (Wildman–Crippen MR) is 254 cm³/mol. The molecule has 0 aliphatic carbocycles. The van der Waals surface area contributed by atoms with E-state index in [-0.39, 0.29) is 0 Å². The van der Waals surface area contributed by atoms with Gasteiger partial charge in [-0.3, -0.25) is 9.97 Å². The van der Waals surface area contributed by atoms with Crippen LogP contribution in [-0.2, 0) is 6.54 Å². The van der Waals surface area contributed by atoms with Crippen molar-refractivity contribution >= 4 is 61.0 Å². The van der Waals surface area contributed by atoms with E-state index in [1.54, 1.807) is 0 Å². The van der Waals surface area contributed by atoms with Crippen LogP contribution < -0.4 is 5.32 Å². The quantitative estimate of drug-likeness (QED) is 0.180. The molecule has 0 saturated heterocycles. The van der Waals surface area contributed by atoms with Crippen LogP contribution in [0.5, 0.6) is 0 Å². The molecule has 7 aromatic heterocycles. The summed E-state index contributed by atoms with van der Waals surface area (Å²) < 4.78 is 10.9. The number of hydrogen-bond donors (Lipinski definition) is 1. The molecule has 8 heterocycles. The second-order valence-corrected chi connectivity index (χ2v) is 16.0. The maximum absolute atomic E-state index is 6.21. The second kappa shape index (κ2) is 14.0. The monoisotopic (exact) mass is 809 g/mol. The highest BCUT2D eigenvalue weighted by Gasteiger charge is 2.23. The van der Waals surface area contributed by atoms with Gasteiger partial charge in [0.1, 0.15) is 22.2 Å². The maximum Gasteiger partial charge on any atom is 0.135 e. The highest BCUT2D eigenvalue weighted by atomic mass is 16.3. The molecule has 8 heteroatoms. The Hall–Kier alpha value is -8.62. The molecule has 0 unspecified atom stereocenters. The SMILES string of the molecule is C1=Cc2c(c3cc(-n4c5ccc(-c6cncc(-c7ccccc7)c6)nc5c5nc(-c6cncc(-c7ccccc7)c6)ccc54)ccc3n2-c2ccc3oc4ccccc4c3c2)CN1. The van der Waals surface area contributed by atoms with Crippen molar-refractivity contribution in [2.75, 3.05) is 0 Å². The average Bonchev–Trinajstić information content (AvgIpc) is 4.01. The minimum Gasteiger partial charge on any atom is -0.456 e. The van der Waals surface area contributed by atoms with Gasteiger partial charge in [0.2, 0.25) is 0 Å². The molecule has 1 aliphatic rings. The number of fused-ring (bicyclic) bond motifs is 9. The van der Waals surface area contributed by atoms with Gasteiger partial charge < -0.3 is 18.9 Å². The molecular formula is C55H35N7O. The Morgan fingerprint density at radius 1 is 0.444 bits per heavy atom. The van der Waals surface area contributed by atoms with Crippen molar-refractivity contribution in [3.8, 4) is 56.1 Å². The molecule has 296 valence electrons.